The SMILES string of the molecule is C[C@@H]1CNC[C@H](c2nc(CC(=O)NCc3ccc(F)cc3F)no2)O1. The van der Waals surface area contributed by atoms with Gasteiger partial charge >= 0.3 is 0 Å². The standard InChI is InChI=1S/C16H18F2N4O3/c1-9-6-19-8-13(24-9)16-21-14(22-25-16)5-15(23)20-7-10-2-3-11(17)4-12(10)18/h2-4,9,13,19H,5-8H2,1H3,(H,20,23)/t9-,13-/m1/s1. The van der Waals surface area contributed by atoms with E-state index in [9.17, 15) is 13.6 Å². The van der Waals surface area contributed by atoms with Crippen LogP contribution in [0.2, 0.25) is 0 Å². The van der Waals surface area contributed by atoms with Crippen LogP contribution in [0.1, 0.15) is 30.3 Å². The van der Waals surface area contributed by atoms with Crippen molar-refractivity contribution in [2.75, 3.05) is 13.1 Å². The second-order valence-electron chi connectivity index (χ2n) is 5.83. The van der Waals surface area contributed by atoms with Gasteiger partial charge in [0.25, 0.3) is 5.89 Å². The Balaban J connectivity index is 1.53. The summed E-state index contributed by atoms with van der Waals surface area (Å²) in [5.74, 6) is -1.24. The van der Waals surface area contributed by atoms with Gasteiger partial charge < -0.3 is 19.9 Å². The van der Waals surface area contributed by atoms with Gasteiger partial charge in [-0.3, -0.25) is 4.79 Å². The van der Waals surface area contributed by atoms with Crippen LogP contribution >= 0.6 is 0 Å². The van der Waals surface area contributed by atoms with Crippen LogP contribution in [0, 0.1) is 11.6 Å². The van der Waals surface area contributed by atoms with Crippen molar-refractivity contribution < 1.29 is 22.8 Å². The summed E-state index contributed by atoms with van der Waals surface area (Å²) in [5, 5.41) is 9.49. The average Bonchev–Trinajstić information content (AvgIpc) is 3.02. The van der Waals surface area contributed by atoms with E-state index in [4.69, 9.17) is 9.26 Å². The molecule has 1 fully saturated rings. The first-order valence-corrected chi connectivity index (χ1v) is 7.90. The Morgan fingerprint density at radius 2 is 2.24 bits per heavy atom. The number of amides is 1. The molecular weight excluding hydrogens is 334 g/mol. The quantitative estimate of drug-likeness (QED) is 0.842. The van der Waals surface area contributed by atoms with Crippen LogP contribution < -0.4 is 10.6 Å². The molecule has 7 nitrogen and oxygen atoms in total. The van der Waals surface area contributed by atoms with Gasteiger partial charge in [-0.2, -0.15) is 4.98 Å². The number of morpholine rings is 1. The van der Waals surface area contributed by atoms with Crippen LogP contribution in [0.5, 0.6) is 0 Å². The molecule has 0 saturated carbocycles. The molecule has 0 radical (unpaired) electrons. The molecule has 2 aromatic rings. The van der Waals surface area contributed by atoms with Crippen molar-refractivity contribution in [2.45, 2.75) is 32.1 Å². The van der Waals surface area contributed by atoms with Gasteiger partial charge in [-0.15, -0.1) is 0 Å². The van der Waals surface area contributed by atoms with Gasteiger partial charge in [-0.1, -0.05) is 11.2 Å². The Kier molecular flexibility index (Phi) is 5.34. The monoisotopic (exact) mass is 352 g/mol. The number of ether oxygens (including phenoxy) is 1. The summed E-state index contributed by atoms with van der Waals surface area (Å²) >= 11 is 0. The van der Waals surface area contributed by atoms with E-state index in [-0.39, 0.29) is 36.6 Å². The third kappa shape index (κ3) is 4.58. The van der Waals surface area contributed by atoms with Crippen LogP contribution in [-0.4, -0.2) is 35.2 Å². The van der Waals surface area contributed by atoms with Crippen molar-refractivity contribution in [3.05, 3.63) is 47.1 Å². The molecule has 134 valence electrons. The molecule has 1 aromatic carbocycles. The molecule has 9 heteroatoms. The molecule has 1 aromatic heterocycles. The zero-order valence-electron chi connectivity index (χ0n) is 13.6. The first-order chi connectivity index (χ1) is 12.0. The number of aromatic nitrogens is 2. The second-order valence-corrected chi connectivity index (χ2v) is 5.83. The summed E-state index contributed by atoms with van der Waals surface area (Å²) in [6.45, 7) is 3.18. The van der Waals surface area contributed by atoms with Crippen LogP contribution in [0.3, 0.4) is 0 Å². The van der Waals surface area contributed by atoms with Gasteiger partial charge in [0.1, 0.15) is 17.7 Å². The first kappa shape index (κ1) is 17.4. The van der Waals surface area contributed by atoms with E-state index >= 15 is 0 Å². The van der Waals surface area contributed by atoms with Gasteiger partial charge in [-0.25, -0.2) is 8.78 Å². The van der Waals surface area contributed by atoms with Crippen molar-refractivity contribution in [3.63, 3.8) is 0 Å². The van der Waals surface area contributed by atoms with E-state index in [1.165, 1.54) is 6.07 Å². The molecule has 1 amide bonds. The summed E-state index contributed by atoms with van der Waals surface area (Å²) in [6.07, 6.45) is -0.425. The first-order valence-electron chi connectivity index (χ1n) is 7.90. The highest BCUT2D eigenvalue weighted by atomic mass is 19.1. The normalized spacial score (nSPS) is 20.4. The summed E-state index contributed by atoms with van der Waals surface area (Å²) < 4.78 is 37.2. The van der Waals surface area contributed by atoms with E-state index in [0.29, 0.717) is 12.4 Å². The molecular formula is C16H18F2N4O3. The lowest BCUT2D eigenvalue weighted by Gasteiger charge is -2.25. The molecule has 3 rings (SSSR count). The predicted octanol–water partition coefficient (Wildman–Crippen LogP) is 1.26. The Morgan fingerprint density at radius 1 is 1.40 bits per heavy atom. The van der Waals surface area contributed by atoms with Gasteiger partial charge in [0.15, 0.2) is 5.82 Å². The number of carbonyl (C=O) groups is 1. The van der Waals surface area contributed by atoms with E-state index in [1.54, 1.807) is 0 Å². The minimum absolute atomic E-state index is 0.0306. The molecule has 1 aliphatic heterocycles. The molecule has 25 heavy (non-hydrogen) atoms. The molecule has 0 spiro atoms. The fraction of sp³-hybridized carbons (Fsp3) is 0.438. The number of nitrogens with one attached hydrogen (secondary N) is 2. The van der Waals surface area contributed by atoms with Crippen molar-refractivity contribution in [1.29, 1.82) is 0 Å². The van der Waals surface area contributed by atoms with Crippen molar-refractivity contribution in [3.8, 4) is 0 Å². The highest BCUT2D eigenvalue weighted by Crippen LogP contribution is 2.19. The highest BCUT2D eigenvalue weighted by molar-refractivity contribution is 5.77. The third-order valence-corrected chi connectivity index (χ3v) is 3.73. The van der Waals surface area contributed by atoms with Crippen LogP contribution in [-0.2, 0) is 22.5 Å². The number of benzene rings is 1. The lowest BCUT2D eigenvalue weighted by Crippen LogP contribution is -2.39. The highest BCUT2D eigenvalue weighted by Gasteiger charge is 2.26. The molecule has 0 aliphatic carbocycles. The van der Waals surface area contributed by atoms with Crippen LogP contribution in [0.4, 0.5) is 8.78 Å². The lowest BCUT2D eigenvalue weighted by atomic mass is 10.2. The van der Waals surface area contributed by atoms with Crippen LogP contribution in [0.25, 0.3) is 0 Å². The minimum Gasteiger partial charge on any atom is -0.363 e. The number of hydrogen-bond acceptors (Lipinski definition) is 6. The summed E-state index contributed by atoms with van der Waals surface area (Å²) in [4.78, 5) is 16.1. The number of rotatable bonds is 5. The minimum atomic E-state index is -0.710. The average molecular weight is 352 g/mol. The molecule has 1 saturated heterocycles. The maximum atomic E-state index is 13.5. The second kappa shape index (κ2) is 7.66. The molecule has 0 bridgehead atoms. The van der Waals surface area contributed by atoms with Crippen molar-refractivity contribution in [2.24, 2.45) is 0 Å². The maximum absolute atomic E-state index is 13.5. The van der Waals surface area contributed by atoms with Gasteiger partial charge in [0.05, 0.1) is 12.5 Å². The molecule has 2 atom stereocenters. The van der Waals surface area contributed by atoms with Gasteiger partial charge in [0.2, 0.25) is 5.91 Å². The number of halogens is 2. The zero-order chi connectivity index (χ0) is 17.8. The number of carbonyl (C=O) groups excluding carboxylic acids is 1. The summed E-state index contributed by atoms with van der Waals surface area (Å²) in [6, 6.07) is 3.19. The fourth-order valence-corrected chi connectivity index (χ4v) is 2.47. The largest absolute Gasteiger partial charge is 0.363 e. The molecule has 1 aliphatic rings. The van der Waals surface area contributed by atoms with E-state index in [1.807, 2.05) is 6.92 Å². The smallest absolute Gasteiger partial charge is 0.257 e. The van der Waals surface area contributed by atoms with Crippen molar-refractivity contribution >= 4 is 5.91 Å². The van der Waals surface area contributed by atoms with E-state index in [2.05, 4.69) is 20.8 Å². The predicted molar refractivity (Wildman–Crippen MR) is 82.4 cm³/mol. The summed E-state index contributed by atoms with van der Waals surface area (Å²) in [5.41, 5.74) is 0.194. The maximum Gasteiger partial charge on any atom is 0.257 e. The Morgan fingerprint density at radius 3 is 3.00 bits per heavy atom. The van der Waals surface area contributed by atoms with Crippen LogP contribution in [0.15, 0.2) is 22.7 Å². The topological polar surface area (TPSA) is 89.3 Å². The zero-order valence-corrected chi connectivity index (χ0v) is 13.6. The number of nitrogens with zero attached hydrogens (tertiary/aromatic N) is 2. The fourth-order valence-electron chi connectivity index (χ4n) is 2.47. The van der Waals surface area contributed by atoms with Gasteiger partial charge in [0, 0.05) is 31.3 Å². The lowest BCUT2D eigenvalue weighted by molar-refractivity contribution is -0.120. The van der Waals surface area contributed by atoms with Crippen molar-refractivity contribution in [1.82, 2.24) is 20.8 Å². The van der Waals surface area contributed by atoms with E-state index in [0.717, 1.165) is 18.7 Å². The molecule has 0 unspecified atom stereocenters. The van der Waals surface area contributed by atoms with Gasteiger partial charge in [-0.05, 0) is 13.0 Å². The number of hydrogen-bond donors (Lipinski definition) is 2. The summed E-state index contributed by atoms with van der Waals surface area (Å²) in [7, 11) is 0. The Bertz CT molecular complexity index is 753. The third-order valence-electron chi connectivity index (χ3n) is 3.73. The Labute approximate surface area is 142 Å². The molecule has 2 heterocycles. The Hall–Kier alpha value is -2.39. The van der Waals surface area contributed by atoms with E-state index < -0.39 is 17.5 Å². The molecule has 2 N–H and O–H groups in total.